The molecule has 9 nitrogen and oxygen atoms in total. The molecule has 0 bridgehead atoms. The average Bonchev–Trinajstić information content (AvgIpc) is 3.03. The first-order valence-corrected chi connectivity index (χ1v) is 15.3. The molecule has 44 heavy (non-hydrogen) atoms. The van der Waals surface area contributed by atoms with Crippen LogP contribution in [0.25, 0.3) is 33.6 Å². The van der Waals surface area contributed by atoms with E-state index in [-0.39, 0.29) is 6.10 Å². The second kappa shape index (κ2) is 13.4. The van der Waals surface area contributed by atoms with Crippen molar-refractivity contribution in [3.05, 3.63) is 75.5 Å². The number of ether oxygens (including phenoxy) is 3. The average molecular weight is 637 g/mol. The molecular weight excluding hydrogens is 601 g/mol. The van der Waals surface area contributed by atoms with Gasteiger partial charge in [-0.3, -0.25) is 14.8 Å². The van der Waals surface area contributed by atoms with Crippen molar-refractivity contribution < 1.29 is 19.3 Å². The lowest BCUT2D eigenvalue weighted by atomic mass is 9.96. The Kier molecular flexibility index (Phi) is 9.32. The molecule has 1 N–H and O–H groups in total. The maximum atomic E-state index is 9.63. The van der Waals surface area contributed by atoms with E-state index in [2.05, 4.69) is 20.9 Å². The number of aliphatic hydroxyl groups excluding tert-OH is 1. The number of aromatic nitrogens is 3. The third-order valence-corrected chi connectivity index (χ3v) is 9.03. The predicted molar refractivity (Wildman–Crippen MR) is 171 cm³/mol. The lowest BCUT2D eigenvalue weighted by molar-refractivity contribution is -0.00402. The highest BCUT2D eigenvalue weighted by atomic mass is 35.5. The molecule has 0 saturated carbocycles. The van der Waals surface area contributed by atoms with Crippen molar-refractivity contribution in [2.24, 2.45) is 0 Å². The van der Waals surface area contributed by atoms with Crippen LogP contribution in [0.15, 0.2) is 48.7 Å². The molecule has 230 valence electrons. The molecule has 0 radical (unpaired) electrons. The molecule has 1 fully saturated rings. The molecule has 0 spiro atoms. The summed E-state index contributed by atoms with van der Waals surface area (Å²) in [7, 11) is 4.96. The highest BCUT2D eigenvalue weighted by Crippen LogP contribution is 2.43. The smallest absolute Gasteiger partial charge is 0.237 e. The van der Waals surface area contributed by atoms with Crippen molar-refractivity contribution in [3.63, 3.8) is 0 Å². The van der Waals surface area contributed by atoms with Gasteiger partial charge in [0.1, 0.15) is 5.69 Å². The van der Waals surface area contributed by atoms with E-state index in [1.54, 1.807) is 27.5 Å². The Bertz CT molecular complexity index is 1660. The standard InChI is InChI=1S/C33H35Cl2N5O4/c1-42-13-12-39-11-10-22-20(16-39)14-27(37-32(22)43-2)25-8-4-6-23(30(25)34)24-7-5-9-26(31(24)35)28-15-36-29(33(38-28)44-3)19-40-17-21(41)18-40/h4-9,14-15,21,41H,10-13,16-19H2,1-3H3. The van der Waals surface area contributed by atoms with Gasteiger partial charge in [-0.15, -0.1) is 0 Å². The highest BCUT2D eigenvalue weighted by Gasteiger charge is 2.27. The van der Waals surface area contributed by atoms with E-state index in [0.29, 0.717) is 65.0 Å². The lowest BCUT2D eigenvalue weighted by Gasteiger charge is -2.35. The molecule has 0 amide bonds. The van der Waals surface area contributed by atoms with Crippen LogP contribution in [0.5, 0.6) is 11.8 Å². The summed E-state index contributed by atoms with van der Waals surface area (Å²) < 4.78 is 16.6. The molecular formula is C33H35Cl2N5O4. The number of pyridine rings is 1. The van der Waals surface area contributed by atoms with Gasteiger partial charge >= 0.3 is 0 Å². The van der Waals surface area contributed by atoms with Crippen LogP contribution in [0.2, 0.25) is 10.0 Å². The minimum absolute atomic E-state index is 0.290. The summed E-state index contributed by atoms with van der Waals surface area (Å²) in [5.74, 6) is 1.06. The molecule has 4 heterocycles. The topological polar surface area (TPSA) is 93.1 Å². The van der Waals surface area contributed by atoms with E-state index in [1.165, 1.54) is 5.56 Å². The molecule has 2 aromatic heterocycles. The van der Waals surface area contributed by atoms with Crippen LogP contribution in [-0.4, -0.2) is 90.1 Å². The summed E-state index contributed by atoms with van der Waals surface area (Å²) in [5, 5.41) is 10.7. The highest BCUT2D eigenvalue weighted by molar-refractivity contribution is 6.39. The Labute approximate surface area is 267 Å². The number of hydrogen-bond donors (Lipinski definition) is 1. The first-order valence-electron chi connectivity index (χ1n) is 14.6. The van der Waals surface area contributed by atoms with E-state index in [0.717, 1.165) is 54.0 Å². The number of benzene rings is 2. The minimum atomic E-state index is -0.290. The molecule has 4 aromatic rings. The Morgan fingerprint density at radius 2 is 1.50 bits per heavy atom. The summed E-state index contributed by atoms with van der Waals surface area (Å²) >= 11 is 14.2. The SMILES string of the molecule is COCCN1CCc2c(cc(-c3cccc(-c4cccc(-c5cnc(CN6CC(O)C6)c(OC)n5)c4Cl)c3Cl)nc2OC)C1. The maximum Gasteiger partial charge on any atom is 0.237 e. The van der Waals surface area contributed by atoms with Crippen LogP contribution in [0.1, 0.15) is 16.8 Å². The van der Waals surface area contributed by atoms with Crippen LogP contribution >= 0.6 is 23.2 Å². The lowest BCUT2D eigenvalue weighted by Crippen LogP contribution is -2.50. The molecule has 2 aromatic carbocycles. The zero-order chi connectivity index (χ0) is 30.8. The largest absolute Gasteiger partial charge is 0.481 e. The number of β-amino-alcohol motifs (C(OH)–C–C–N with tert-alkyl or cyclic N) is 1. The van der Waals surface area contributed by atoms with Crippen molar-refractivity contribution in [1.82, 2.24) is 24.8 Å². The number of nitrogens with zero attached hydrogens (tertiary/aromatic N) is 5. The molecule has 2 aliphatic rings. The van der Waals surface area contributed by atoms with Crippen LogP contribution in [0.3, 0.4) is 0 Å². The van der Waals surface area contributed by atoms with Gasteiger partial charge in [-0.2, -0.15) is 0 Å². The summed E-state index contributed by atoms with van der Waals surface area (Å²) in [5.41, 5.74) is 7.42. The fourth-order valence-electron chi connectivity index (χ4n) is 5.87. The fraction of sp³-hybridized carbons (Fsp3) is 0.364. The van der Waals surface area contributed by atoms with Crippen molar-refractivity contribution in [3.8, 4) is 45.4 Å². The summed E-state index contributed by atoms with van der Waals surface area (Å²) in [6.07, 6.45) is 2.28. The van der Waals surface area contributed by atoms with Crippen molar-refractivity contribution in [2.75, 3.05) is 54.1 Å². The van der Waals surface area contributed by atoms with Crippen LogP contribution in [-0.2, 0) is 24.2 Å². The molecule has 0 unspecified atom stereocenters. The van der Waals surface area contributed by atoms with Crippen LogP contribution in [0, 0.1) is 0 Å². The number of fused-ring (bicyclic) bond motifs is 1. The Morgan fingerprint density at radius 3 is 2.14 bits per heavy atom. The van der Waals surface area contributed by atoms with Gasteiger partial charge in [0.25, 0.3) is 0 Å². The van der Waals surface area contributed by atoms with Crippen molar-refractivity contribution in [1.29, 1.82) is 0 Å². The predicted octanol–water partition coefficient (Wildman–Crippen LogP) is 5.38. The molecule has 6 rings (SSSR count). The zero-order valence-electron chi connectivity index (χ0n) is 25.0. The number of halogens is 2. The first kappa shape index (κ1) is 30.7. The number of likely N-dealkylation sites (tertiary alicyclic amines) is 1. The summed E-state index contributed by atoms with van der Waals surface area (Å²) in [6.45, 7) is 5.05. The quantitative estimate of drug-likeness (QED) is 0.247. The van der Waals surface area contributed by atoms with E-state index in [4.69, 9.17) is 47.4 Å². The second-order valence-corrected chi connectivity index (χ2v) is 11.8. The van der Waals surface area contributed by atoms with E-state index < -0.39 is 0 Å². The van der Waals surface area contributed by atoms with Gasteiger partial charge in [0.2, 0.25) is 11.8 Å². The second-order valence-electron chi connectivity index (χ2n) is 11.1. The Morgan fingerprint density at radius 1 is 0.864 bits per heavy atom. The van der Waals surface area contributed by atoms with Crippen molar-refractivity contribution in [2.45, 2.75) is 25.6 Å². The third-order valence-electron chi connectivity index (χ3n) is 8.21. The van der Waals surface area contributed by atoms with Gasteiger partial charge in [-0.1, -0.05) is 59.6 Å². The first-order chi connectivity index (χ1) is 21.4. The number of rotatable bonds is 10. The molecule has 2 aliphatic heterocycles. The minimum Gasteiger partial charge on any atom is -0.481 e. The van der Waals surface area contributed by atoms with Gasteiger partial charge in [0.05, 0.1) is 54.6 Å². The van der Waals surface area contributed by atoms with Gasteiger partial charge < -0.3 is 19.3 Å². The van der Waals surface area contributed by atoms with Gasteiger partial charge in [-0.05, 0) is 18.1 Å². The zero-order valence-corrected chi connectivity index (χ0v) is 26.5. The Balaban J connectivity index is 1.34. The third kappa shape index (κ3) is 6.13. The molecule has 11 heteroatoms. The molecule has 0 aliphatic carbocycles. The summed E-state index contributed by atoms with van der Waals surface area (Å²) in [6, 6.07) is 13.8. The molecule has 1 saturated heterocycles. The fourth-order valence-corrected chi connectivity index (χ4v) is 6.52. The van der Waals surface area contributed by atoms with Gasteiger partial charge in [-0.25, -0.2) is 9.97 Å². The van der Waals surface area contributed by atoms with Crippen LogP contribution in [0.4, 0.5) is 0 Å². The van der Waals surface area contributed by atoms with E-state index in [1.807, 2.05) is 36.4 Å². The summed E-state index contributed by atoms with van der Waals surface area (Å²) in [4.78, 5) is 18.7. The maximum absolute atomic E-state index is 9.63. The van der Waals surface area contributed by atoms with Gasteiger partial charge in [0.15, 0.2) is 0 Å². The van der Waals surface area contributed by atoms with E-state index >= 15 is 0 Å². The molecule has 0 atom stereocenters. The number of methoxy groups -OCH3 is 3. The van der Waals surface area contributed by atoms with Gasteiger partial charge in [0, 0.05) is 74.2 Å². The monoisotopic (exact) mass is 635 g/mol. The number of hydrogen-bond acceptors (Lipinski definition) is 9. The Hall–Kier alpha value is -3.31. The van der Waals surface area contributed by atoms with Crippen LogP contribution < -0.4 is 9.47 Å². The normalized spacial score (nSPS) is 15.6. The number of aliphatic hydroxyl groups is 1. The van der Waals surface area contributed by atoms with E-state index in [9.17, 15) is 5.11 Å². The van der Waals surface area contributed by atoms with Crippen molar-refractivity contribution >= 4 is 23.2 Å².